The fraction of sp³-hybridized carbons (Fsp3) is 0.737. The van der Waals surface area contributed by atoms with Crippen LogP contribution in [0.15, 0.2) is 72.9 Å². The van der Waals surface area contributed by atoms with Crippen LogP contribution in [0.5, 0.6) is 0 Å². The van der Waals surface area contributed by atoms with Crippen molar-refractivity contribution in [1.82, 2.24) is 0 Å². The van der Waals surface area contributed by atoms with Gasteiger partial charge in [0, 0.05) is 19.3 Å². The van der Waals surface area contributed by atoms with Crippen LogP contribution in [-0.4, -0.2) is 37.2 Å². The summed E-state index contributed by atoms with van der Waals surface area (Å²) in [6, 6.07) is 0. The summed E-state index contributed by atoms with van der Waals surface area (Å²) >= 11 is 0. The first kappa shape index (κ1) is 59.9. The van der Waals surface area contributed by atoms with Crippen LogP contribution in [0, 0.1) is 0 Å². The SMILES string of the molecule is CC/C=C\C/C=C\C/C=C\C/C=C\C/C=C\CCCCCC(=O)OC[C@H](COC(=O)CCCCCCCCC/C=C\CCCCCC)OC(=O)CCCCCCCCCCCCC. The lowest BCUT2D eigenvalue weighted by Gasteiger charge is -2.18. The Hall–Kier alpha value is -3.15. The third kappa shape index (κ3) is 49.7. The minimum Gasteiger partial charge on any atom is -0.462 e. The molecule has 0 aromatic heterocycles. The minimum absolute atomic E-state index is 0.0868. The van der Waals surface area contributed by atoms with Crippen LogP contribution >= 0.6 is 0 Å². The Balaban J connectivity index is 4.40. The summed E-state index contributed by atoms with van der Waals surface area (Å²) in [5, 5.41) is 0. The number of carbonyl (C=O) groups excluding carboxylic acids is 3. The summed E-state index contributed by atoms with van der Waals surface area (Å²) in [6.07, 6.45) is 64.5. The molecular weight excluding hydrogens is 781 g/mol. The van der Waals surface area contributed by atoms with Crippen molar-refractivity contribution in [2.24, 2.45) is 0 Å². The number of esters is 3. The molecule has 0 aliphatic carbocycles. The summed E-state index contributed by atoms with van der Waals surface area (Å²) in [6.45, 7) is 6.48. The molecule has 0 radical (unpaired) electrons. The largest absolute Gasteiger partial charge is 0.462 e. The Kier molecular flexibility index (Phi) is 48.9. The van der Waals surface area contributed by atoms with Gasteiger partial charge in [0.15, 0.2) is 6.10 Å². The number of unbranched alkanes of at least 4 members (excludes halogenated alkanes) is 24. The Bertz CT molecular complexity index is 1190. The van der Waals surface area contributed by atoms with Gasteiger partial charge in [-0.1, -0.05) is 216 Å². The number of hydrogen-bond acceptors (Lipinski definition) is 6. The second-order valence-corrected chi connectivity index (χ2v) is 17.4. The van der Waals surface area contributed by atoms with Gasteiger partial charge >= 0.3 is 17.9 Å². The van der Waals surface area contributed by atoms with Gasteiger partial charge in [0.05, 0.1) is 0 Å². The predicted octanol–water partition coefficient (Wildman–Crippen LogP) is 17.4. The first-order valence-corrected chi connectivity index (χ1v) is 26.4. The molecule has 0 saturated heterocycles. The number of allylic oxidation sites excluding steroid dienone is 12. The fourth-order valence-corrected chi connectivity index (χ4v) is 7.23. The highest BCUT2D eigenvalue weighted by Gasteiger charge is 2.19. The maximum atomic E-state index is 12.8. The molecule has 0 N–H and O–H groups in total. The van der Waals surface area contributed by atoms with E-state index in [1.165, 1.54) is 116 Å². The van der Waals surface area contributed by atoms with Crippen LogP contribution in [0.25, 0.3) is 0 Å². The van der Waals surface area contributed by atoms with Gasteiger partial charge in [-0.15, -0.1) is 0 Å². The van der Waals surface area contributed by atoms with E-state index in [2.05, 4.69) is 93.7 Å². The third-order valence-corrected chi connectivity index (χ3v) is 11.2. The maximum Gasteiger partial charge on any atom is 0.306 e. The summed E-state index contributed by atoms with van der Waals surface area (Å²) in [5.41, 5.74) is 0. The number of hydrogen-bond donors (Lipinski definition) is 0. The van der Waals surface area contributed by atoms with Crippen molar-refractivity contribution < 1.29 is 28.6 Å². The zero-order chi connectivity index (χ0) is 45.8. The highest BCUT2D eigenvalue weighted by Crippen LogP contribution is 2.15. The highest BCUT2D eigenvalue weighted by molar-refractivity contribution is 5.71. The van der Waals surface area contributed by atoms with Crippen LogP contribution in [0.3, 0.4) is 0 Å². The Morgan fingerprint density at radius 1 is 0.333 bits per heavy atom. The molecule has 0 unspecified atom stereocenters. The van der Waals surface area contributed by atoms with Crippen molar-refractivity contribution in [1.29, 1.82) is 0 Å². The average molecular weight is 879 g/mol. The lowest BCUT2D eigenvalue weighted by Crippen LogP contribution is -2.30. The van der Waals surface area contributed by atoms with Crippen LogP contribution in [-0.2, 0) is 28.6 Å². The first-order valence-electron chi connectivity index (χ1n) is 26.4. The monoisotopic (exact) mass is 879 g/mol. The summed E-state index contributed by atoms with van der Waals surface area (Å²) < 4.78 is 16.8. The molecule has 362 valence electrons. The molecule has 0 fully saturated rings. The topological polar surface area (TPSA) is 78.9 Å². The van der Waals surface area contributed by atoms with E-state index in [0.29, 0.717) is 19.3 Å². The number of ether oxygens (including phenoxy) is 3. The number of carbonyl (C=O) groups is 3. The van der Waals surface area contributed by atoms with Crippen molar-refractivity contribution in [3.63, 3.8) is 0 Å². The van der Waals surface area contributed by atoms with E-state index in [0.717, 1.165) is 96.3 Å². The molecular formula is C57H98O6. The number of rotatable bonds is 47. The maximum absolute atomic E-state index is 12.8. The van der Waals surface area contributed by atoms with E-state index in [9.17, 15) is 14.4 Å². The van der Waals surface area contributed by atoms with Crippen LogP contribution in [0.2, 0.25) is 0 Å². The molecule has 6 nitrogen and oxygen atoms in total. The van der Waals surface area contributed by atoms with Gasteiger partial charge in [0.25, 0.3) is 0 Å². The van der Waals surface area contributed by atoms with Crippen molar-refractivity contribution in [2.75, 3.05) is 13.2 Å². The quantitative estimate of drug-likeness (QED) is 0.0262. The Morgan fingerprint density at radius 3 is 1.02 bits per heavy atom. The molecule has 0 bridgehead atoms. The molecule has 0 aliphatic rings. The van der Waals surface area contributed by atoms with Gasteiger partial charge in [-0.3, -0.25) is 14.4 Å². The molecule has 0 aromatic rings. The second kappa shape index (κ2) is 51.5. The fourth-order valence-electron chi connectivity index (χ4n) is 7.23. The summed E-state index contributed by atoms with van der Waals surface area (Å²) in [4.78, 5) is 38.0. The van der Waals surface area contributed by atoms with E-state index in [1.54, 1.807) is 0 Å². The van der Waals surface area contributed by atoms with Crippen molar-refractivity contribution in [3.05, 3.63) is 72.9 Å². The summed E-state index contributed by atoms with van der Waals surface area (Å²) in [5.74, 6) is -0.921. The van der Waals surface area contributed by atoms with E-state index in [4.69, 9.17) is 14.2 Å². The van der Waals surface area contributed by atoms with Crippen molar-refractivity contribution >= 4 is 17.9 Å². The molecule has 0 aliphatic heterocycles. The molecule has 0 aromatic carbocycles. The Morgan fingerprint density at radius 2 is 0.619 bits per heavy atom. The third-order valence-electron chi connectivity index (χ3n) is 11.2. The lowest BCUT2D eigenvalue weighted by molar-refractivity contribution is -0.167. The zero-order valence-corrected chi connectivity index (χ0v) is 41.3. The van der Waals surface area contributed by atoms with Gasteiger partial charge in [-0.2, -0.15) is 0 Å². The zero-order valence-electron chi connectivity index (χ0n) is 41.3. The lowest BCUT2D eigenvalue weighted by atomic mass is 10.1. The van der Waals surface area contributed by atoms with Crippen LogP contribution < -0.4 is 0 Å². The normalized spacial score (nSPS) is 12.6. The second-order valence-electron chi connectivity index (χ2n) is 17.4. The van der Waals surface area contributed by atoms with Gasteiger partial charge in [-0.25, -0.2) is 0 Å². The minimum atomic E-state index is -0.788. The standard InChI is InChI=1S/C57H98O6/c1-4-7-10-13-16-19-22-24-26-27-28-29-31-33-36-38-41-44-47-50-56(59)62-53-54(63-57(60)51-48-45-42-39-34-21-18-15-12-9-6-3)52-61-55(58)49-46-43-40-37-35-32-30-25-23-20-17-14-11-8-5-2/h7,10,16,19-20,23-24,26,28-29,33,36,54H,4-6,8-9,11-15,17-18,21-22,25,27,30-32,34-35,37-53H2,1-3H3/b10-7-,19-16-,23-20-,26-24-,29-28-,36-33-/t54-/m0/s1. The van der Waals surface area contributed by atoms with E-state index in [1.807, 2.05) is 0 Å². The van der Waals surface area contributed by atoms with Gasteiger partial charge in [-0.05, 0) is 89.9 Å². The van der Waals surface area contributed by atoms with Gasteiger partial charge in [0.2, 0.25) is 0 Å². The van der Waals surface area contributed by atoms with E-state index in [-0.39, 0.29) is 31.1 Å². The first-order chi connectivity index (χ1) is 31.0. The highest BCUT2D eigenvalue weighted by atomic mass is 16.6. The smallest absolute Gasteiger partial charge is 0.306 e. The van der Waals surface area contributed by atoms with Crippen LogP contribution in [0.4, 0.5) is 0 Å². The predicted molar refractivity (Wildman–Crippen MR) is 270 cm³/mol. The van der Waals surface area contributed by atoms with Crippen molar-refractivity contribution in [3.8, 4) is 0 Å². The molecule has 1 atom stereocenters. The summed E-state index contributed by atoms with van der Waals surface area (Å²) in [7, 11) is 0. The van der Waals surface area contributed by atoms with Crippen LogP contribution in [0.1, 0.15) is 252 Å². The van der Waals surface area contributed by atoms with Gasteiger partial charge < -0.3 is 14.2 Å². The van der Waals surface area contributed by atoms with E-state index >= 15 is 0 Å². The molecule has 6 heteroatoms. The van der Waals surface area contributed by atoms with Gasteiger partial charge in [0.1, 0.15) is 13.2 Å². The molecule has 0 amide bonds. The molecule has 0 saturated carbocycles. The molecule has 63 heavy (non-hydrogen) atoms. The molecule has 0 rings (SSSR count). The average Bonchev–Trinajstić information content (AvgIpc) is 3.28. The molecule has 0 spiro atoms. The Labute approximate surface area is 389 Å². The van der Waals surface area contributed by atoms with Crippen molar-refractivity contribution in [2.45, 2.75) is 258 Å². The van der Waals surface area contributed by atoms with E-state index < -0.39 is 6.10 Å². The molecule has 0 heterocycles.